The number of carboxylic acid groups (broad SMARTS) is 1. The summed E-state index contributed by atoms with van der Waals surface area (Å²) in [5.74, 6) is -0.614. The molecule has 92 valence electrons. The van der Waals surface area contributed by atoms with Crippen LogP contribution in [0.3, 0.4) is 0 Å². The number of ether oxygens (including phenoxy) is 1. The van der Waals surface area contributed by atoms with Crippen molar-refractivity contribution in [3.05, 3.63) is 41.9 Å². The van der Waals surface area contributed by atoms with E-state index in [1.807, 2.05) is 0 Å². The molecular formula is C12H9ClN2O3. The lowest BCUT2D eigenvalue weighted by Gasteiger charge is -2.10. The quantitative estimate of drug-likeness (QED) is 0.917. The van der Waals surface area contributed by atoms with Crippen LogP contribution >= 0.6 is 11.6 Å². The molecule has 2 rings (SSSR count). The van der Waals surface area contributed by atoms with E-state index in [0.717, 1.165) is 0 Å². The monoisotopic (exact) mass is 264 g/mol. The number of halogens is 1. The van der Waals surface area contributed by atoms with Gasteiger partial charge < -0.3 is 9.84 Å². The Kier molecular flexibility index (Phi) is 3.74. The van der Waals surface area contributed by atoms with Crippen LogP contribution in [0.4, 0.5) is 0 Å². The van der Waals surface area contributed by atoms with Gasteiger partial charge in [-0.2, -0.15) is 0 Å². The van der Waals surface area contributed by atoms with Crippen molar-refractivity contribution in [2.75, 3.05) is 6.61 Å². The molecule has 5 nitrogen and oxygen atoms in total. The Balaban J connectivity index is 2.38. The smallest absolute Gasteiger partial charge is 0.341 e. The van der Waals surface area contributed by atoms with Gasteiger partial charge in [0.05, 0.1) is 0 Å². The zero-order valence-electron chi connectivity index (χ0n) is 9.21. The minimum absolute atomic E-state index is 0.414. The lowest BCUT2D eigenvalue weighted by atomic mass is 10.1. The molecule has 0 fully saturated rings. The van der Waals surface area contributed by atoms with Crippen molar-refractivity contribution in [2.45, 2.75) is 0 Å². The minimum atomic E-state index is -1.04. The van der Waals surface area contributed by atoms with Crippen molar-refractivity contribution in [1.29, 1.82) is 0 Å². The van der Waals surface area contributed by atoms with Crippen LogP contribution in [0.2, 0.25) is 5.02 Å². The van der Waals surface area contributed by atoms with Crippen LogP contribution in [0.25, 0.3) is 11.1 Å². The van der Waals surface area contributed by atoms with Gasteiger partial charge in [0.25, 0.3) is 0 Å². The van der Waals surface area contributed by atoms with Gasteiger partial charge in [0.15, 0.2) is 6.61 Å². The second kappa shape index (κ2) is 5.46. The van der Waals surface area contributed by atoms with Gasteiger partial charge >= 0.3 is 5.97 Å². The molecule has 0 aliphatic heterocycles. The fraction of sp³-hybridized carbons (Fsp3) is 0.0833. The third-order valence-electron chi connectivity index (χ3n) is 2.16. The fourth-order valence-electron chi connectivity index (χ4n) is 1.43. The number of nitrogens with zero attached hydrogens (tertiary/aromatic N) is 2. The fourth-order valence-corrected chi connectivity index (χ4v) is 1.60. The summed E-state index contributed by atoms with van der Waals surface area (Å²) in [7, 11) is 0. The summed E-state index contributed by atoms with van der Waals surface area (Å²) in [5.41, 5.74) is 1.37. The van der Waals surface area contributed by atoms with Crippen molar-refractivity contribution >= 4 is 17.6 Å². The van der Waals surface area contributed by atoms with Crippen LogP contribution in [0.1, 0.15) is 0 Å². The predicted octanol–water partition coefficient (Wildman–Crippen LogP) is 2.26. The van der Waals surface area contributed by atoms with E-state index < -0.39 is 12.6 Å². The number of benzene rings is 1. The molecule has 2 aromatic rings. The predicted molar refractivity (Wildman–Crippen MR) is 65.6 cm³/mol. The molecule has 0 saturated heterocycles. The van der Waals surface area contributed by atoms with Gasteiger partial charge in [-0.25, -0.2) is 14.8 Å². The highest BCUT2D eigenvalue weighted by atomic mass is 35.5. The molecule has 1 N–H and O–H groups in total. The van der Waals surface area contributed by atoms with Gasteiger partial charge in [-0.15, -0.1) is 0 Å². The molecule has 0 atom stereocenters. The van der Waals surface area contributed by atoms with E-state index in [1.54, 1.807) is 30.6 Å². The van der Waals surface area contributed by atoms with Gasteiger partial charge in [0, 0.05) is 28.5 Å². The average Bonchev–Trinajstić information content (AvgIpc) is 2.38. The highest BCUT2D eigenvalue weighted by Gasteiger charge is 2.09. The second-order valence-electron chi connectivity index (χ2n) is 3.45. The Morgan fingerprint density at radius 2 is 2.06 bits per heavy atom. The Morgan fingerprint density at radius 1 is 1.33 bits per heavy atom. The van der Waals surface area contributed by atoms with E-state index in [2.05, 4.69) is 9.97 Å². The van der Waals surface area contributed by atoms with Gasteiger partial charge in [0.2, 0.25) is 0 Å². The minimum Gasteiger partial charge on any atom is -0.481 e. The summed E-state index contributed by atoms with van der Waals surface area (Å²) >= 11 is 5.92. The van der Waals surface area contributed by atoms with Crippen molar-refractivity contribution < 1.29 is 14.6 Å². The molecule has 0 unspecified atom stereocenters. The Morgan fingerprint density at radius 3 is 2.72 bits per heavy atom. The zero-order chi connectivity index (χ0) is 13.0. The number of carbonyl (C=O) groups is 1. The van der Waals surface area contributed by atoms with Crippen LogP contribution in [-0.4, -0.2) is 27.7 Å². The summed E-state index contributed by atoms with van der Waals surface area (Å²) in [4.78, 5) is 18.3. The number of aromatic nitrogens is 2. The molecule has 0 radical (unpaired) electrons. The molecule has 0 aliphatic carbocycles. The van der Waals surface area contributed by atoms with Gasteiger partial charge in [-0.3, -0.25) is 0 Å². The number of aliphatic carboxylic acids is 1. The lowest BCUT2D eigenvalue weighted by molar-refractivity contribution is -0.139. The summed E-state index contributed by atoms with van der Waals surface area (Å²) in [6.07, 6.45) is 4.62. The molecular weight excluding hydrogens is 256 g/mol. The topological polar surface area (TPSA) is 72.3 Å². The summed E-state index contributed by atoms with van der Waals surface area (Å²) in [6, 6.07) is 4.93. The van der Waals surface area contributed by atoms with E-state index in [0.29, 0.717) is 21.9 Å². The summed E-state index contributed by atoms with van der Waals surface area (Å²) < 4.78 is 5.19. The summed E-state index contributed by atoms with van der Waals surface area (Å²) in [5, 5.41) is 9.14. The number of hydrogen-bond acceptors (Lipinski definition) is 4. The Bertz CT molecular complexity index is 561. The molecule has 0 bridgehead atoms. The Hall–Kier alpha value is -2.14. The Labute approximate surface area is 108 Å². The highest BCUT2D eigenvalue weighted by Crippen LogP contribution is 2.31. The maximum Gasteiger partial charge on any atom is 0.341 e. The van der Waals surface area contributed by atoms with Gasteiger partial charge in [0.1, 0.15) is 12.1 Å². The molecule has 0 amide bonds. The van der Waals surface area contributed by atoms with Crippen LogP contribution < -0.4 is 4.74 Å². The van der Waals surface area contributed by atoms with Crippen molar-refractivity contribution in [3.8, 4) is 16.9 Å². The third kappa shape index (κ3) is 2.95. The average molecular weight is 265 g/mol. The second-order valence-corrected chi connectivity index (χ2v) is 3.89. The molecule has 6 heteroatoms. The van der Waals surface area contributed by atoms with Crippen molar-refractivity contribution in [1.82, 2.24) is 9.97 Å². The summed E-state index contributed by atoms with van der Waals surface area (Å²) in [6.45, 7) is -0.414. The van der Waals surface area contributed by atoms with Crippen molar-refractivity contribution in [2.24, 2.45) is 0 Å². The van der Waals surface area contributed by atoms with Crippen molar-refractivity contribution in [3.63, 3.8) is 0 Å². The molecule has 1 aromatic heterocycles. The zero-order valence-corrected chi connectivity index (χ0v) is 9.96. The third-order valence-corrected chi connectivity index (χ3v) is 2.40. The van der Waals surface area contributed by atoms with Crippen LogP contribution in [-0.2, 0) is 4.79 Å². The molecule has 1 aromatic carbocycles. The van der Waals surface area contributed by atoms with E-state index in [1.165, 1.54) is 6.33 Å². The normalized spacial score (nSPS) is 10.1. The molecule has 0 aliphatic rings. The highest BCUT2D eigenvalue weighted by molar-refractivity contribution is 6.31. The largest absolute Gasteiger partial charge is 0.481 e. The first kappa shape index (κ1) is 12.3. The van der Waals surface area contributed by atoms with Gasteiger partial charge in [-0.1, -0.05) is 11.6 Å². The first-order valence-electron chi connectivity index (χ1n) is 5.06. The SMILES string of the molecule is O=C(O)COc1ccc(Cl)cc1-c1cncnc1. The van der Waals surface area contributed by atoms with E-state index in [9.17, 15) is 4.79 Å². The molecule has 0 spiro atoms. The van der Waals surface area contributed by atoms with E-state index >= 15 is 0 Å². The lowest BCUT2D eigenvalue weighted by Crippen LogP contribution is -2.10. The first-order chi connectivity index (χ1) is 8.66. The maximum atomic E-state index is 10.5. The van der Waals surface area contributed by atoms with E-state index in [-0.39, 0.29) is 0 Å². The number of carboxylic acids is 1. The maximum absolute atomic E-state index is 10.5. The standard InChI is InChI=1S/C12H9ClN2O3/c13-9-1-2-11(18-6-12(16)17)10(3-9)8-4-14-7-15-5-8/h1-5,7H,6H2,(H,16,17). The van der Waals surface area contributed by atoms with Gasteiger partial charge in [-0.05, 0) is 18.2 Å². The number of rotatable bonds is 4. The van der Waals surface area contributed by atoms with Crippen LogP contribution in [0.15, 0.2) is 36.9 Å². The van der Waals surface area contributed by atoms with E-state index in [4.69, 9.17) is 21.4 Å². The molecule has 1 heterocycles. The van der Waals surface area contributed by atoms with Crippen LogP contribution in [0, 0.1) is 0 Å². The molecule has 0 saturated carbocycles. The van der Waals surface area contributed by atoms with Crippen LogP contribution in [0.5, 0.6) is 5.75 Å². The first-order valence-corrected chi connectivity index (χ1v) is 5.44. The molecule has 18 heavy (non-hydrogen) atoms. The number of hydrogen-bond donors (Lipinski definition) is 1.